The molecular formula is C14H19FN2O3. The summed E-state index contributed by atoms with van der Waals surface area (Å²) >= 11 is 0. The summed E-state index contributed by atoms with van der Waals surface area (Å²) in [5.74, 6) is -1.60. The largest absolute Gasteiger partial charge is 0.481 e. The fraction of sp³-hybridized carbons (Fsp3) is 0.500. The van der Waals surface area contributed by atoms with Crippen LogP contribution in [0.2, 0.25) is 0 Å². The molecule has 0 saturated carbocycles. The van der Waals surface area contributed by atoms with E-state index in [4.69, 9.17) is 5.11 Å². The standard InChI is InChI=1S/C14H19FN2O3/c1-9(2)5-10(6-13(18)19)7-17-14(20)12-4-3-11(15)8-16-12/h3-4,8-10H,5-7H2,1-2H3,(H,17,20)(H,18,19). The Kier molecular flexibility index (Phi) is 6.09. The van der Waals surface area contributed by atoms with Gasteiger partial charge in [-0.1, -0.05) is 13.8 Å². The maximum Gasteiger partial charge on any atom is 0.303 e. The average Bonchev–Trinajstić information content (AvgIpc) is 2.35. The lowest BCUT2D eigenvalue weighted by Crippen LogP contribution is -2.31. The molecule has 0 bridgehead atoms. The number of carbonyl (C=O) groups is 2. The van der Waals surface area contributed by atoms with Gasteiger partial charge in [0.2, 0.25) is 0 Å². The summed E-state index contributed by atoms with van der Waals surface area (Å²) in [6.45, 7) is 4.26. The quantitative estimate of drug-likeness (QED) is 0.802. The molecule has 1 aromatic heterocycles. The second kappa shape index (κ2) is 7.57. The number of carboxylic acids is 1. The van der Waals surface area contributed by atoms with Gasteiger partial charge >= 0.3 is 5.97 Å². The Morgan fingerprint density at radius 3 is 2.60 bits per heavy atom. The molecule has 1 unspecified atom stereocenters. The third-order valence-corrected chi connectivity index (χ3v) is 2.78. The first-order valence-corrected chi connectivity index (χ1v) is 6.50. The highest BCUT2D eigenvalue weighted by Crippen LogP contribution is 2.14. The minimum atomic E-state index is -0.884. The van der Waals surface area contributed by atoms with Gasteiger partial charge in [0.15, 0.2) is 0 Å². The molecule has 0 radical (unpaired) electrons. The van der Waals surface area contributed by atoms with Crippen LogP contribution in [0.5, 0.6) is 0 Å². The van der Waals surface area contributed by atoms with Gasteiger partial charge in [0, 0.05) is 13.0 Å². The van der Waals surface area contributed by atoms with Gasteiger partial charge in [-0.3, -0.25) is 9.59 Å². The van der Waals surface area contributed by atoms with Crippen LogP contribution in [-0.2, 0) is 4.79 Å². The molecule has 20 heavy (non-hydrogen) atoms. The van der Waals surface area contributed by atoms with E-state index < -0.39 is 17.7 Å². The number of carbonyl (C=O) groups excluding carboxylic acids is 1. The third kappa shape index (κ3) is 5.77. The Morgan fingerprint density at radius 2 is 2.10 bits per heavy atom. The number of rotatable bonds is 7. The molecule has 1 rings (SSSR count). The van der Waals surface area contributed by atoms with Gasteiger partial charge in [-0.25, -0.2) is 9.37 Å². The number of hydrogen-bond donors (Lipinski definition) is 2. The number of pyridine rings is 1. The summed E-state index contributed by atoms with van der Waals surface area (Å²) in [5.41, 5.74) is 0.116. The fourth-order valence-corrected chi connectivity index (χ4v) is 1.99. The Balaban J connectivity index is 2.55. The molecule has 0 fully saturated rings. The van der Waals surface area contributed by atoms with Crippen molar-refractivity contribution in [2.45, 2.75) is 26.7 Å². The first-order chi connectivity index (χ1) is 9.38. The first kappa shape index (κ1) is 16.1. The van der Waals surface area contributed by atoms with E-state index in [-0.39, 0.29) is 24.6 Å². The molecule has 5 nitrogen and oxygen atoms in total. The second-order valence-corrected chi connectivity index (χ2v) is 5.17. The van der Waals surface area contributed by atoms with E-state index in [9.17, 15) is 14.0 Å². The van der Waals surface area contributed by atoms with Crippen LogP contribution in [-0.4, -0.2) is 28.5 Å². The van der Waals surface area contributed by atoms with Crippen molar-refractivity contribution in [3.63, 3.8) is 0 Å². The minimum Gasteiger partial charge on any atom is -0.481 e. The Hall–Kier alpha value is -1.98. The number of halogens is 1. The molecule has 1 aromatic rings. The monoisotopic (exact) mass is 282 g/mol. The van der Waals surface area contributed by atoms with Gasteiger partial charge in [-0.15, -0.1) is 0 Å². The van der Waals surface area contributed by atoms with Gasteiger partial charge in [-0.05, 0) is 30.4 Å². The van der Waals surface area contributed by atoms with E-state index in [2.05, 4.69) is 10.3 Å². The summed E-state index contributed by atoms with van der Waals surface area (Å²) in [6, 6.07) is 2.45. The molecule has 0 aliphatic heterocycles. The van der Waals surface area contributed by atoms with Crippen molar-refractivity contribution in [2.75, 3.05) is 6.54 Å². The second-order valence-electron chi connectivity index (χ2n) is 5.17. The molecule has 110 valence electrons. The highest BCUT2D eigenvalue weighted by atomic mass is 19.1. The zero-order chi connectivity index (χ0) is 15.1. The zero-order valence-corrected chi connectivity index (χ0v) is 11.6. The van der Waals surface area contributed by atoms with Crippen molar-refractivity contribution in [3.05, 3.63) is 29.8 Å². The Labute approximate surface area is 117 Å². The smallest absolute Gasteiger partial charge is 0.303 e. The fourth-order valence-electron chi connectivity index (χ4n) is 1.99. The molecule has 6 heteroatoms. The van der Waals surface area contributed by atoms with Crippen LogP contribution in [0.3, 0.4) is 0 Å². The molecule has 0 saturated heterocycles. The van der Waals surface area contributed by atoms with Gasteiger partial charge in [0.05, 0.1) is 6.20 Å². The van der Waals surface area contributed by atoms with E-state index in [1.54, 1.807) is 0 Å². The topological polar surface area (TPSA) is 79.3 Å². The molecule has 1 atom stereocenters. The van der Waals surface area contributed by atoms with E-state index >= 15 is 0 Å². The van der Waals surface area contributed by atoms with Crippen molar-refractivity contribution in [1.29, 1.82) is 0 Å². The average molecular weight is 282 g/mol. The molecule has 0 aromatic carbocycles. The molecule has 1 amide bonds. The van der Waals surface area contributed by atoms with Crippen molar-refractivity contribution in [2.24, 2.45) is 11.8 Å². The predicted octanol–water partition coefficient (Wildman–Crippen LogP) is 2.09. The predicted molar refractivity (Wildman–Crippen MR) is 71.7 cm³/mol. The van der Waals surface area contributed by atoms with Gasteiger partial charge in [0.25, 0.3) is 5.91 Å². The minimum absolute atomic E-state index is 0.00923. The van der Waals surface area contributed by atoms with E-state index in [1.807, 2.05) is 13.8 Å². The Morgan fingerprint density at radius 1 is 1.40 bits per heavy atom. The number of aliphatic carboxylic acids is 1. The highest BCUT2D eigenvalue weighted by Gasteiger charge is 2.17. The molecule has 2 N–H and O–H groups in total. The summed E-state index contributed by atoms with van der Waals surface area (Å²) in [6.07, 6.45) is 1.69. The summed E-state index contributed by atoms with van der Waals surface area (Å²) in [5, 5.41) is 11.5. The van der Waals surface area contributed by atoms with Crippen molar-refractivity contribution >= 4 is 11.9 Å². The molecule has 0 aliphatic carbocycles. The zero-order valence-electron chi connectivity index (χ0n) is 11.6. The van der Waals surface area contributed by atoms with Crippen LogP contribution >= 0.6 is 0 Å². The number of carboxylic acid groups (broad SMARTS) is 1. The number of hydrogen-bond acceptors (Lipinski definition) is 3. The summed E-state index contributed by atoms with van der Waals surface area (Å²) in [4.78, 5) is 26.2. The molecule has 1 heterocycles. The molecular weight excluding hydrogens is 263 g/mol. The number of aromatic nitrogens is 1. The van der Waals surface area contributed by atoms with Gasteiger partial charge in [-0.2, -0.15) is 0 Å². The lowest BCUT2D eigenvalue weighted by atomic mass is 9.94. The number of nitrogens with one attached hydrogen (secondary N) is 1. The number of amides is 1. The normalized spacial score (nSPS) is 12.2. The van der Waals surface area contributed by atoms with Crippen molar-refractivity contribution in [1.82, 2.24) is 10.3 Å². The first-order valence-electron chi connectivity index (χ1n) is 6.50. The highest BCUT2D eigenvalue weighted by molar-refractivity contribution is 5.92. The number of nitrogens with zero attached hydrogens (tertiary/aromatic N) is 1. The van der Waals surface area contributed by atoms with Crippen LogP contribution in [0.4, 0.5) is 4.39 Å². The maximum absolute atomic E-state index is 12.7. The molecule has 0 spiro atoms. The molecule has 0 aliphatic rings. The van der Waals surface area contributed by atoms with Crippen LogP contribution < -0.4 is 5.32 Å². The summed E-state index contributed by atoms with van der Waals surface area (Å²) < 4.78 is 12.7. The van der Waals surface area contributed by atoms with Crippen LogP contribution in [0, 0.1) is 17.7 Å². The van der Waals surface area contributed by atoms with Gasteiger partial charge in [0.1, 0.15) is 11.5 Å². The van der Waals surface area contributed by atoms with Crippen molar-refractivity contribution in [3.8, 4) is 0 Å². The lowest BCUT2D eigenvalue weighted by Gasteiger charge is -2.17. The van der Waals surface area contributed by atoms with Crippen LogP contribution in [0.25, 0.3) is 0 Å². The van der Waals surface area contributed by atoms with Gasteiger partial charge < -0.3 is 10.4 Å². The Bertz CT molecular complexity index is 460. The summed E-state index contributed by atoms with van der Waals surface area (Å²) in [7, 11) is 0. The van der Waals surface area contributed by atoms with Crippen molar-refractivity contribution < 1.29 is 19.1 Å². The van der Waals surface area contributed by atoms with E-state index in [1.165, 1.54) is 6.07 Å². The van der Waals surface area contributed by atoms with Crippen LogP contribution in [0.1, 0.15) is 37.2 Å². The SMILES string of the molecule is CC(C)CC(CNC(=O)c1ccc(F)cn1)CC(=O)O. The lowest BCUT2D eigenvalue weighted by molar-refractivity contribution is -0.138. The van der Waals surface area contributed by atoms with E-state index in [0.29, 0.717) is 12.3 Å². The third-order valence-electron chi connectivity index (χ3n) is 2.78. The van der Waals surface area contributed by atoms with E-state index in [0.717, 1.165) is 12.3 Å². The van der Waals surface area contributed by atoms with Crippen LogP contribution in [0.15, 0.2) is 18.3 Å². The maximum atomic E-state index is 12.7.